The highest BCUT2D eigenvalue weighted by Gasteiger charge is 2.23. The van der Waals surface area contributed by atoms with Crippen LogP contribution in [0.5, 0.6) is 0 Å². The number of fused-ring (bicyclic) bond motifs is 1. The molecule has 0 amide bonds. The van der Waals surface area contributed by atoms with E-state index in [0.29, 0.717) is 6.54 Å². The lowest BCUT2D eigenvalue weighted by molar-refractivity contribution is 0.185. The molecule has 3 aromatic rings. The predicted molar refractivity (Wildman–Crippen MR) is 90.5 cm³/mol. The van der Waals surface area contributed by atoms with Gasteiger partial charge >= 0.3 is 0 Å². The van der Waals surface area contributed by atoms with Crippen molar-refractivity contribution in [1.82, 2.24) is 15.2 Å². The van der Waals surface area contributed by atoms with Crippen molar-refractivity contribution in [1.29, 1.82) is 0 Å². The highest BCUT2D eigenvalue weighted by molar-refractivity contribution is 7.18. The predicted octanol–water partition coefficient (Wildman–Crippen LogP) is 2.70. The van der Waals surface area contributed by atoms with Gasteiger partial charge < -0.3 is 10.0 Å². The van der Waals surface area contributed by atoms with Crippen molar-refractivity contribution in [3.63, 3.8) is 0 Å². The van der Waals surface area contributed by atoms with E-state index in [2.05, 4.69) is 26.1 Å². The Balaban J connectivity index is 1.59. The largest absolute Gasteiger partial charge is 0.387 e. The third-order valence-electron chi connectivity index (χ3n) is 4.05. The summed E-state index contributed by atoms with van der Waals surface area (Å²) in [5, 5.41) is 20.8. The summed E-state index contributed by atoms with van der Waals surface area (Å²) < 4.78 is 0. The molecule has 1 aromatic carbocycles. The summed E-state index contributed by atoms with van der Waals surface area (Å²) in [5.41, 5.74) is 3.20. The van der Waals surface area contributed by atoms with Gasteiger partial charge in [0, 0.05) is 24.5 Å². The molecule has 116 valence electrons. The van der Waals surface area contributed by atoms with Crippen molar-refractivity contribution < 1.29 is 5.11 Å². The van der Waals surface area contributed by atoms with Gasteiger partial charge in [0.2, 0.25) is 5.13 Å². The Morgan fingerprint density at radius 3 is 2.91 bits per heavy atom. The number of β-amino-alcohol motifs (C(OH)–C–C–N with tert-alkyl or cyclic N) is 1. The van der Waals surface area contributed by atoms with Crippen LogP contribution in [0.1, 0.15) is 17.2 Å². The zero-order valence-corrected chi connectivity index (χ0v) is 13.3. The summed E-state index contributed by atoms with van der Waals surface area (Å²) in [4.78, 5) is 6.24. The highest BCUT2D eigenvalue weighted by Crippen LogP contribution is 2.31. The van der Waals surface area contributed by atoms with Crippen LogP contribution in [-0.4, -0.2) is 33.4 Å². The fourth-order valence-corrected chi connectivity index (χ4v) is 3.73. The van der Waals surface area contributed by atoms with Gasteiger partial charge in [0.25, 0.3) is 0 Å². The SMILES string of the molecule is OC1CN(c2nnc(-c3cccnc3)s2)CCc2ccccc21. The van der Waals surface area contributed by atoms with Gasteiger partial charge in [-0.1, -0.05) is 35.6 Å². The van der Waals surface area contributed by atoms with Gasteiger partial charge in [-0.15, -0.1) is 10.2 Å². The van der Waals surface area contributed by atoms with Gasteiger partial charge in [0.15, 0.2) is 5.01 Å². The molecule has 0 radical (unpaired) electrons. The van der Waals surface area contributed by atoms with Crippen LogP contribution in [0.3, 0.4) is 0 Å². The molecule has 4 rings (SSSR count). The Morgan fingerprint density at radius 1 is 1.13 bits per heavy atom. The van der Waals surface area contributed by atoms with Gasteiger partial charge in [0.1, 0.15) is 0 Å². The first-order chi connectivity index (χ1) is 11.3. The summed E-state index contributed by atoms with van der Waals surface area (Å²) in [6, 6.07) is 12.0. The summed E-state index contributed by atoms with van der Waals surface area (Å²) in [7, 11) is 0. The Kier molecular flexibility index (Phi) is 3.77. The van der Waals surface area contributed by atoms with Crippen molar-refractivity contribution in [2.45, 2.75) is 12.5 Å². The van der Waals surface area contributed by atoms with Crippen LogP contribution in [0, 0.1) is 0 Å². The molecule has 1 aliphatic heterocycles. The first-order valence-corrected chi connectivity index (χ1v) is 8.37. The Hall–Kier alpha value is -2.31. The average molecular weight is 324 g/mol. The van der Waals surface area contributed by atoms with E-state index in [1.54, 1.807) is 12.4 Å². The van der Waals surface area contributed by atoms with Gasteiger partial charge in [-0.25, -0.2) is 0 Å². The van der Waals surface area contributed by atoms with E-state index in [-0.39, 0.29) is 0 Å². The van der Waals surface area contributed by atoms with Crippen LogP contribution in [0.15, 0.2) is 48.8 Å². The molecule has 0 aliphatic carbocycles. The number of aliphatic hydroxyl groups excluding tert-OH is 1. The fourth-order valence-electron chi connectivity index (χ4n) is 2.86. The molecule has 1 unspecified atom stereocenters. The number of pyridine rings is 1. The van der Waals surface area contributed by atoms with Crippen molar-refractivity contribution in [3.05, 3.63) is 59.9 Å². The summed E-state index contributed by atoms with van der Waals surface area (Å²) in [6.45, 7) is 1.37. The number of nitrogens with zero attached hydrogens (tertiary/aromatic N) is 4. The minimum absolute atomic E-state index is 0.501. The lowest BCUT2D eigenvalue weighted by Gasteiger charge is -2.20. The topological polar surface area (TPSA) is 62.1 Å². The number of anilines is 1. The lowest BCUT2D eigenvalue weighted by atomic mass is 10.0. The highest BCUT2D eigenvalue weighted by atomic mass is 32.1. The number of hydrogen-bond acceptors (Lipinski definition) is 6. The molecule has 6 heteroatoms. The first-order valence-electron chi connectivity index (χ1n) is 7.56. The molecule has 5 nitrogen and oxygen atoms in total. The third-order valence-corrected chi connectivity index (χ3v) is 5.08. The molecular weight excluding hydrogens is 308 g/mol. The standard InChI is InChI=1S/C17H16N4OS/c22-15-11-21(9-7-12-4-1-2-6-14(12)15)17-20-19-16(23-17)13-5-3-8-18-10-13/h1-6,8,10,15,22H,7,9,11H2. The van der Waals surface area contributed by atoms with Crippen LogP contribution in [0.2, 0.25) is 0 Å². The summed E-state index contributed by atoms with van der Waals surface area (Å²) in [5.74, 6) is 0. The molecule has 0 fully saturated rings. The number of rotatable bonds is 2. The van der Waals surface area contributed by atoms with Crippen LogP contribution in [-0.2, 0) is 6.42 Å². The van der Waals surface area contributed by atoms with Crippen molar-refractivity contribution in [2.75, 3.05) is 18.0 Å². The second-order valence-corrected chi connectivity index (χ2v) is 6.50. The monoisotopic (exact) mass is 324 g/mol. The summed E-state index contributed by atoms with van der Waals surface area (Å²) in [6.07, 6.45) is 3.93. The number of aliphatic hydroxyl groups is 1. The van der Waals surface area contributed by atoms with Crippen molar-refractivity contribution in [2.24, 2.45) is 0 Å². The maximum Gasteiger partial charge on any atom is 0.208 e. The van der Waals surface area contributed by atoms with E-state index in [1.807, 2.05) is 30.3 Å². The minimum atomic E-state index is -0.501. The molecule has 0 spiro atoms. The van der Waals surface area contributed by atoms with E-state index in [0.717, 1.165) is 34.2 Å². The Bertz CT molecular complexity index is 805. The summed E-state index contributed by atoms with van der Waals surface area (Å²) >= 11 is 1.54. The van der Waals surface area contributed by atoms with E-state index in [4.69, 9.17) is 0 Å². The number of hydrogen-bond donors (Lipinski definition) is 1. The van der Waals surface area contributed by atoms with Crippen molar-refractivity contribution >= 4 is 16.5 Å². The lowest BCUT2D eigenvalue weighted by Crippen LogP contribution is -2.28. The molecule has 0 bridgehead atoms. The average Bonchev–Trinajstić information content (AvgIpc) is 3.03. The number of aromatic nitrogens is 3. The van der Waals surface area contributed by atoms with E-state index in [1.165, 1.54) is 16.9 Å². The van der Waals surface area contributed by atoms with Gasteiger partial charge in [-0.2, -0.15) is 0 Å². The Labute approximate surface area is 138 Å². The second kappa shape index (κ2) is 6.06. The quantitative estimate of drug-likeness (QED) is 0.785. The van der Waals surface area contributed by atoms with E-state index >= 15 is 0 Å². The van der Waals surface area contributed by atoms with Gasteiger partial charge in [-0.05, 0) is 29.7 Å². The molecule has 1 aliphatic rings. The molecule has 1 atom stereocenters. The molecule has 3 heterocycles. The van der Waals surface area contributed by atoms with Crippen LogP contribution < -0.4 is 4.90 Å². The fraction of sp³-hybridized carbons (Fsp3) is 0.235. The number of benzene rings is 1. The molecule has 0 saturated heterocycles. The molecule has 2 aromatic heterocycles. The zero-order valence-electron chi connectivity index (χ0n) is 12.5. The van der Waals surface area contributed by atoms with Crippen LogP contribution in [0.25, 0.3) is 10.6 Å². The smallest absolute Gasteiger partial charge is 0.208 e. The normalized spacial score (nSPS) is 17.6. The third kappa shape index (κ3) is 2.83. The van der Waals surface area contributed by atoms with Crippen LogP contribution in [0.4, 0.5) is 5.13 Å². The van der Waals surface area contributed by atoms with Crippen LogP contribution >= 0.6 is 11.3 Å². The maximum atomic E-state index is 10.5. The van der Waals surface area contributed by atoms with Crippen molar-refractivity contribution in [3.8, 4) is 10.6 Å². The molecule has 23 heavy (non-hydrogen) atoms. The first kappa shape index (κ1) is 14.3. The molecule has 1 N–H and O–H groups in total. The van der Waals surface area contributed by atoms with Gasteiger partial charge in [0.05, 0.1) is 12.6 Å². The molecular formula is C17H16N4OS. The van der Waals surface area contributed by atoms with E-state index in [9.17, 15) is 5.11 Å². The zero-order chi connectivity index (χ0) is 15.6. The molecule has 0 saturated carbocycles. The van der Waals surface area contributed by atoms with Gasteiger partial charge in [-0.3, -0.25) is 4.98 Å². The Morgan fingerprint density at radius 2 is 2.04 bits per heavy atom. The second-order valence-electron chi connectivity index (χ2n) is 5.54. The minimum Gasteiger partial charge on any atom is -0.387 e. The van der Waals surface area contributed by atoms with E-state index < -0.39 is 6.10 Å². The maximum absolute atomic E-state index is 10.5.